The number of benzene rings is 2. The lowest BCUT2D eigenvalue weighted by Crippen LogP contribution is -2.28. The van der Waals surface area contributed by atoms with E-state index in [1.807, 2.05) is 76.5 Å². The smallest absolute Gasteiger partial charge is 0.337 e. The van der Waals surface area contributed by atoms with Crippen LogP contribution in [0.1, 0.15) is 38.0 Å². The van der Waals surface area contributed by atoms with E-state index in [2.05, 4.69) is 4.98 Å². The highest BCUT2D eigenvalue weighted by Gasteiger charge is 2.32. The van der Waals surface area contributed by atoms with Gasteiger partial charge in [0.2, 0.25) is 0 Å². The maximum Gasteiger partial charge on any atom is 0.337 e. The van der Waals surface area contributed by atoms with Crippen molar-refractivity contribution < 1.29 is 14.6 Å². The molecule has 1 N–H and O–H groups in total. The van der Waals surface area contributed by atoms with Crippen LogP contribution in [0.15, 0.2) is 84.2 Å². The number of fused-ring (bicyclic) bond motifs is 2. The highest BCUT2D eigenvalue weighted by atomic mass is 35.5. The minimum atomic E-state index is -1.20. The van der Waals surface area contributed by atoms with Gasteiger partial charge in [-0.15, -0.1) is 11.3 Å². The zero-order valence-electron chi connectivity index (χ0n) is 23.3. The van der Waals surface area contributed by atoms with Gasteiger partial charge in [-0.05, 0) is 81.3 Å². The molecule has 0 bridgehead atoms. The average molecular weight is 599 g/mol. The van der Waals surface area contributed by atoms with Crippen molar-refractivity contribution in [2.45, 2.75) is 39.4 Å². The monoisotopic (exact) mass is 598 g/mol. The number of aliphatic carboxylic acids is 1. The van der Waals surface area contributed by atoms with Gasteiger partial charge in [-0.3, -0.25) is 9.36 Å². The molecule has 4 heterocycles. The van der Waals surface area contributed by atoms with E-state index in [0.717, 1.165) is 32.5 Å². The Morgan fingerprint density at radius 3 is 2.52 bits per heavy atom. The molecular formula is C32H27ClN4O4S. The summed E-state index contributed by atoms with van der Waals surface area (Å²) in [7, 11) is 0. The van der Waals surface area contributed by atoms with E-state index in [4.69, 9.17) is 21.3 Å². The van der Waals surface area contributed by atoms with Gasteiger partial charge in [0.1, 0.15) is 16.3 Å². The second kappa shape index (κ2) is 10.5. The fraction of sp³-hybridized carbons (Fsp3) is 0.188. The molecule has 4 aromatic heterocycles. The van der Waals surface area contributed by atoms with Gasteiger partial charge < -0.3 is 14.2 Å². The lowest BCUT2D eigenvalue weighted by Gasteiger charge is -2.28. The molecule has 6 aromatic rings. The number of carboxylic acid groups (broad SMARTS) is 1. The maximum atomic E-state index is 13.1. The molecule has 0 radical (unpaired) electrons. The molecule has 0 unspecified atom stereocenters. The second-order valence-electron chi connectivity index (χ2n) is 11.0. The van der Waals surface area contributed by atoms with E-state index in [9.17, 15) is 14.7 Å². The topological polar surface area (TPSA) is 98.7 Å². The lowest BCUT2D eigenvalue weighted by molar-refractivity contribution is -0.160. The number of nitrogens with zero attached hydrogens (tertiary/aromatic N) is 4. The predicted molar refractivity (Wildman–Crippen MR) is 166 cm³/mol. The summed E-state index contributed by atoms with van der Waals surface area (Å²) in [5, 5.41) is 11.6. The van der Waals surface area contributed by atoms with Crippen molar-refractivity contribution in [3.05, 3.63) is 106 Å². The Bertz CT molecular complexity index is 2040. The summed E-state index contributed by atoms with van der Waals surface area (Å²) >= 11 is 7.66. The van der Waals surface area contributed by atoms with Crippen LogP contribution >= 0.6 is 22.9 Å². The molecular weight excluding hydrogens is 572 g/mol. The third-order valence-electron chi connectivity index (χ3n) is 6.85. The van der Waals surface area contributed by atoms with Crippen LogP contribution < -0.4 is 5.56 Å². The number of ether oxygens (including phenoxy) is 1. The first-order valence-electron chi connectivity index (χ1n) is 13.3. The molecule has 0 saturated heterocycles. The Hall–Kier alpha value is -4.31. The predicted octanol–water partition coefficient (Wildman–Crippen LogP) is 7.33. The summed E-state index contributed by atoms with van der Waals surface area (Å²) in [5.74, 6) is -0.601. The number of hydrogen-bond donors (Lipinski definition) is 1. The summed E-state index contributed by atoms with van der Waals surface area (Å²) in [6.07, 6.45) is 5.77. The average Bonchev–Trinajstić information content (AvgIpc) is 3.59. The van der Waals surface area contributed by atoms with Gasteiger partial charge in [-0.25, -0.2) is 14.8 Å². The van der Waals surface area contributed by atoms with Gasteiger partial charge in [0.05, 0.1) is 15.8 Å². The van der Waals surface area contributed by atoms with Crippen LogP contribution in [0, 0.1) is 6.92 Å². The quantitative estimate of drug-likeness (QED) is 0.215. The third-order valence-corrected chi connectivity index (χ3v) is 8.24. The van der Waals surface area contributed by atoms with Crippen LogP contribution in [0.4, 0.5) is 0 Å². The SMILES string of the molecule is Cc1cc2nc(-c3ccnc(-n4ccn5cccc5c4=O)c3)sc2c(-c2ccc(Cl)cc2)c1[C@H](OC(C)(C)C)C(=O)O. The molecule has 10 heteroatoms. The third kappa shape index (κ3) is 5.11. The number of carbonyl (C=O) groups is 1. The zero-order chi connectivity index (χ0) is 29.8. The number of aromatic nitrogens is 4. The van der Waals surface area contributed by atoms with Crippen molar-refractivity contribution in [1.82, 2.24) is 18.9 Å². The largest absolute Gasteiger partial charge is 0.479 e. The normalized spacial score (nSPS) is 12.7. The minimum absolute atomic E-state index is 0.180. The van der Waals surface area contributed by atoms with E-state index in [0.29, 0.717) is 26.9 Å². The Morgan fingerprint density at radius 1 is 1.05 bits per heavy atom. The van der Waals surface area contributed by atoms with Crippen LogP contribution in [0.25, 0.3) is 43.2 Å². The summed E-state index contributed by atoms with van der Waals surface area (Å²) in [6.45, 7) is 7.39. The van der Waals surface area contributed by atoms with E-state index >= 15 is 0 Å². The summed E-state index contributed by atoms with van der Waals surface area (Å²) in [6, 6.07) is 16.5. The lowest BCUT2D eigenvalue weighted by atomic mass is 9.91. The first-order valence-corrected chi connectivity index (χ1v) is 14.5. The molecule has 2 aromatic carbocycles. The minimum Gasteiger partial charge on any atom is -0.479 e. The van der Waals surface area contributed by atoms with Crippen LogP contribution in [-0.4, -0.2) is 35.6 Å². The molecule has 1 atom stereocenters. The highest BCUT2D eigenvalue weighted by Crippen LogP contribution is 2.44. The van der Waals surface area contributed by atoms with Crippen LogP contribution in [0.5, 0.6) is 0 Å². The van der Waals surface area contributed by atoms with Gasteiger partial charge in [-0.2, -0.15) is 0 Å². The Balaban J connectivity index is 1.55. The molecule has 6 rings (SSSR count). The van der Waals surface area contributed by atoms with Crippen LogP contribution in [0.2, 0.25) is 5.02 Å². The van der Waals surface area contributed by atoms with Crippen molar-refractivity contribution in [2.24, 2.45) is 0 Å². The summed E-state index contributed by atoms with van der Waals surface area (Å²) < 4.78 is 10.2. The Morgan fingerprint density at radius 2 is 1.81 bits per heavy atom. The second-order valence-corrected chi connectivity index (χ2v) is 12.4. The fourth-order valence-corrected chi connectivity index (χ4v) is 6.31. The number of halogens is 1. The van der Waals surface area contributed by atoms with Crippen LogP contribution in [0.3, 0.4) is 0 Å². The number of pyridine rings is 1. The van der Waals surface area contributed by atoms with Crippen molar-refractivity contribution in [3.63, 3.8) is 0 Å². The Labute approximate surface area is 250 Å². The van der Waals surface area contributed by atoms with Gasteiger partial charge >= 0.3 is 5.97 Å². The first-order chi connectivity index (χ1) is 20.0. The molecule has 0 aliphatic carbocycles. The van der Waals surface area contributed by atoms with Crippen molar-refractivity contribution in [1.29, 1.82) is 0 Å². The molecule has 42 heavy (non-hydrogen) atoms. The van der Waals surface area contributed by atoms with E-state index in [1.165, 1.54) is 15.9 Å². The zero-order valence-corrected chi connectivity index (χ0v) is 24.9. The molecule has 0 aliphatic rings. The number of rotatable bonds is 6. The first kappa shape index (κ1) is 27.8. The van der Waals surface area contributed by atoms with Crippen molar-refractivity contribution in [2.75, 3.05) is 0 Å². The molecule has 212 valence electrons. The summed E-state index contributed by atoms with van der Waals surface area (Å²) in [4.78, 5) is 35.1. The number of carboxylic acids is 1. The molecule has 0 fully saturated rings. The molecule has 0 amide bonds. The van der Waals surface area contributed by atoms with Crippen molar-refractivity contribution in [3.8, 4) is 27.5 Å². The van der Waals surface area contributed by atoms with Gasteiger partial charge in [-0.1, -0.05) is 23.7 Å². The summed E-state index contributed by atoms with van der Waals surface area (Å²) in [5.41, 5.74) is 4.06. The maximum absolute atomic E-state index is 13.1. The number of hydrogen-bond acceptors (Lipinski definition) is 6. The molecule has 0 aliphatic heterocycles. The fourth-order valence-electron chi connectivity index (χ4n) is 5.06. The highest BCUT2D eigenvalue weighted by molar-refractivity contribution is 7.22. The van der Waals surface area contributed by atoms with E-state index in [1.54, 1.807) is 35.0 Å². The van der Waals surface area contributed by atoms with Crippen molar-refractivity contribution >= 4 is 44.6 Å². The van der Waals surface area contributed by atoms with E-state index in [-0.39, 0.29) is 5.56 Å². The van der Waals surface area contributed by atoms with Gasteiger partial charge in [0.15, 0.2) is 6.10 Å². The molecule has 0 saturated carbocycles. The number of aryl methyl sites for hydroxylation is 1. The van der Waals surface area contributed by atoms with E-state index < -0.39 is 17.7 Å². The molecule has 0 spiro atoms. The Kier molecular flexibility index (Phi) is 6.97. The number of thiazole rings is 1. The standard InChI is InChI=1S/C32H27ClN4O4S/c1-18-16-22-28(26(19-7-9-21(33)10-8-19)25(18)27(31(39)40)41-32(2,3)4)42-29(35-22)20-11-12-34-24(17-20)37-15-14-36-13-5-6-23(36)30(37)38/h5-17,27H,1-4H3,(H,39,40)/t27-/m0/s1. The van der Waals surface area contributed by atoms with Gasteiger partial charge in [0.25, 0.3) is 5.56 Å². The van der Waals surface area contributed by atoms with Gasteiger partial charge in [0, 0.05) is 46.5 Å². The van der Waals surface area contributed by atoms with Crippen LogP contribution in [-0.2, 0) is 9.53 Å². The molecule has 8 nitrogen and oxygen atoms in total.